The van der Waals surface area contributed by atoms with Crippen molar-refractivity contribution in [2.24, 2.45) is 11.1 Å². The highest BCUT2D eigenvalue weighted by molar-refractivity contribution is 6.12. The second-order valence-electron chi connectivity index (χ2n) is 9.87. The van der Waals surface area contributed by atoms with E-state index in [-0.39, 0.29) is 29.6 Å². The lowest BCUT2D eigenvalue weighted by Gasteiger charge is -2.31. The summed E-state index contributed by atoms with van der Waals surface area (Å²) in [6.07, 6.45) is 0.0562. The molecular formula is C29H32N4O4. The number of nitrogens with zero attached hydrogens (tertiary/aromatic N) is 1. The number of anilines is 2. The summed E-state index contributed by atoms with van der Waals surface area (Å²) in [5, 5.41) is 5.81. The van der Waals surface area contributed by atoms with E-state index in [2.05, 4.69) is 10.6 Å². The van der Waals surface area contributed by atoms with Crippen LogP contribution in [0.5, 0.6) is 5.75 Å². The zero-order valence-electron chi connectivity index (χ0n) is 21.3. The number of amides is 3. The van der Waals surface area contributed by atoms with Gasteiger partial charge in [0.05, 0.1) is 30.9 Å². The predicted octanol–water partition coefficient (Wildman–Crippen LogP) is 4.14. The smallest absolute Gasteiger partial charge is 0.259 e. The van der Waals surface area contributed by atoms with Crippen LogP contribution in [0.4, 0.5) is 11.4 Å². The van der Waals surface area contributed by atoms with Crippen molar-refractivity contribution in [3.8, 4) is 5.75 Å². The number of methoxy groups -OCH3 is 1. The lowest BCUT2D eigenvalue weighted by atomic mass is 9.94. The molecular weight excluding hydrogens is 468 g/mol. The van der Waals surface area contributed by atoms with Crippen molar-refractivity contribution >= 4 is 29.1 Å². The molecule has 192 valence electrons. The van der Waals surface area contributed by atoms with Gasteiger partial charge in [0.1, 0.15) is 5.75 Å². The number of nitrogens with two attached hydrogens (primary N) is 1. The summed E-state index contributed by atoms with van der Waals surface area (Å²) in [5.74, 6) is -0.267. The number of rotatable bonds is 7. The first-order chi connectivity index (χ1) is 17.7. The Morgan fingerprint density at radius 3 is 2.51 bits per heavy atom. The molecule has 0 aromatic heterocycles. The van der Waals surface area contributed by atoms with E-state index in [1.54, 1.807) is 54.5 Å². The zero-order valence-corrected chi connectivity index (χ0v) is 21.3. The molecule has 4 rings (SSSR count). The molecule has 1 unspecified atom stereocenters. The molecule has 0 saturated carbocycles. The third kappa shape index (κ3) is 5.81. The number of hydrogen-bond acceptors (Lipinski definition) is 5. The van der Waals surface area contributed by atoms with E-state index in [4.69, 9.17) is 10.5 Å². The highest BCUT2D eigenvalue weighted by Crippen LogP contribution is 2.40. The summed E-state index contributed by atoms with van der Waals surface area (Å²) in [6.45, 7) is 4.77. The SMILES string of the molecule is COc1cccc(C(=O)N2c3ccc(C(=O)NCC(C)(C)CN)cc3NC(=O)CC2c2ccccc2)c1. The molecule has 4 N–H and O–H groups in total. The summed E-state index contributed by atoms with van der Waals surface area (Å²) in [5.41, 5.74) is 8.05. The van der Waals surface area contributed by atoms with Crippen LogP contribution in [-0.4, -0.2) is 37.9 Å². The first-order valence-electron chi connectivity index (χ1n) is 12.2. The normalized spacial score (nSPS) is 15.3. The van der Waals surface area contributed by atoms with Gasteiger partial charge in [0.15, 0.2) is 0 Å². The molecule has 3 aromatic carbocycles. The van der Waals surface area contributed by atoms with E-state index in [1.165, 1.54) is 0 Å². The van der Waals surface area contributed by atoms with Crippen LogP contribution in [0.3, 0.4) is 0 Å². The molecule has 0 bridgehead atoms. The minimum atomic E-state index is -0.550. The van der Waals surface area contributed by atoms with E-state index < -0.39 is 6.04 Å². The van der Waals surface area contributed by atoms with Gasteiger partial charge in [-0.3, -0.25) is 19.3 Å². The van der Waals surface area contributed by atoms with Gasteiger partial charge in [-0.1, -0.05) is 50.2 Å². The number of fused-ring (bicyclic) bond motifs is 1. The standard InChI is InChI=1S/C29H32N4O4/c1-29(2,17-30)18-31-27(35)20-12-13-24-23(15-20)32-26(34)16-25(19-8-5-4-6-9-19)33(24)28(36)21-10-7-11-22(14-21)37-3/h4-15,25H,16-18,30H2,1-3H3,(H,31,35)(H,32,34). The second-order valence-corrected chi connectivity index (χ2v) is 9.87. The van der Waals surface area contributed by atoms with Crippen molar-refractivity contribution in [3.05, 3.63) is 89.5 Å². The fourth-order valence-corrected chi connectivity index (χ4v) is 4.21. The molecule has 0 saturated heterocycles. The maximum atomic E-state index is 14.0. The van der Waals surface area contributed by atoms with Crippen LogP contribution in [0, 0.1) is 5.41 Å². The first kappa shape index (κ1) is 25.9. The van der Waals surface area contributed by atoms with E-state index in [0.717, 1.165) is 5.56 Å². The molecule has 0 radical (unpaired) electrons. The van der Waals surface area contributed by atoms with Gasteiger partial charge in [-0.05, 0) is 53.9 Å². The molecule has 0 fully saturated rings. The van der Waals surface area contributed by atoms with Crippen LogP contribution in [0.1, 0.15) is 52.6 Å². The fraction of sp³-hybridized carbons (Fsp3) is 0.276. The Hall–Kier alpha value is -4.17. The molecule has 3 aromatic rings. The summed E-state index contributed by atoms with van der Waals surface area (Å²) in [7, 11) is 1.54. The Morgan fingerprint density at radius 2 is 1.81 bits per heavy atom. The van der Waals surface area contributed by atoms with Gasteiger partial charge < -0.3 is 21.1 Å². The molecule has 3 amide bonds. The van der Waals surface area contributed by atoms with Crippen molar-refractivity contribution in [3.63, 3.8) is 0 Å². The number of nitrogens with one attached hydrogen (secondary N) is 2. The van der Waals surface area contributed by atoms with Gasteiger partial charge in [-0.15, -0.1) is 0 Å². The van der Waals surface area contributed by atoms with Gasteiger partial charge in [-0.2, -0.15) is 0 Å². The van der Waals surface area contributed by atoms with E-state index in [1.807, 2.05) is 44.2 Å². The average Bonchev–Trinajstić information content (AvgIpc) is 3.07. The number of carbonyl (C=O) groups is 3. The van der Waals surface area contributed by atoms with Crippen LogP contribution in [0.15, 0.2) is 72.8 Å². The molecule has 0 aliphatic carbocycles. The molecule has 1 aliphatic rings. The zero-order chi connectivity index (χ0) is 26.6. The van der Waals surface area contributed by atoms with Gasteiger partial charge >= 0.3 is 0 Å². The summed E-state index contributed by atoms with van der Waals surface area (Å²) in [4.78, 5) is 41.5. The summed E-state index contributed by atoms with van der Waals surface area (Å²) >= 11 is 0. The Kier molecular flexibility index (Phi) is 7.59. The lowest BCUT2D eigenvalue weighted by molar-refractivity contribution is -0.116. The van der Waals surface area contributed by atoms with Gasteiger partial charge in [0.2, 0.25) is 5.91 Å². The fourth-order valence-electron chi connectivity index (χ4n) is 4.21. The van der Waals surface area contributed by atoms with Crippen LogP contribution in [0.2, 0.25) is 0 Å². The topological polar surface area (TPSA) is 114 Å². The third-order valence-electron chi connectivity index (χ3n) is 6.48. The monoisotopic (exact) mass is 500 g/mol. The number of carbonyl (C=O) groups excluding carboxylic acids is 3. The highest BCUT2D eigenvalue weighted by Gasteiger charge is 2.34. The maximum Gasteiger partial charge on any atom is 0.259 e. The summed E-state index contributed by atoms with van der Waals surface area (Å²) in [6, 6.07) is 20.8. The quantitative estimate of drug-likeness (QED) is 0.451. The Balaban J connectivity index is 1.77. The van der Waals surface area contributed by atoms with Gasteiger partial charge in [0, 0.05) is 17.7 Å². The number of ether oxygens (including phenoxy) is 1. The van der Waals surface area contributed by atoms with E-state index in [0.29, 0.717) is 41.3 Å². The molecule has 1 atom stereocenters. The lowest BCUT2D eigenvalue weighted by Crippen LogP contribution is -2.38. The Bertz CT molecular complexity index is 1310. The molecule has 37 heavy (non-hydrogen) atoms. The van der Waals surface area contributed by atoms with Gasteiger partial charge in [-0.25, -0.2) is 0 Å². The highest BCUT2D eigenvalue weighted by atomic mass is 16.5. The van der Waals surface area contributed by atoms with E-state index >= 15 is 0 Å². The van der Waals surface area contributed by atoms with Crippen molar-refractivity contribution in [1.82, 2.24) is 5.32 Å². The number of hydrogen-bond donors (Lipinski definition) is 3. The third-order valence-corrected chi connectivity index (χ3v) is 6.48. The maximum absolute atomic E-state index is 14.0. The minimum Gasteiger partial charge on any atom is -0.497 e. The number of benzene rings is 3. The molecule has 8 heteroatoms. The van der Waals surface area contributed by atoms with Crippen molar-refractivity contribution in [2.75, 3.05) is 30.4 Å². The van der Waals surface area contributed by atoms with Crippen molar-refractivity contribution in [1.29, 1.82) is 0 Å². The Labute approximate surface area is 216 Å². The van der Waals surface area contributed by atoms with Crippen molar-refractivity contribution in [2.45, 2.75) is 26.3 Å². The molecule has 1 heterocycles. The second kappa shape index (κ2) is 10.8. The minimum absolute atomic E-state index is 0.0562. The first-order valence-corrected chi connectivity index (χ1v) is 12.2. The van der Waals surface area contributed by atoms with Gasteiger partial charge in [0.25, 0.3) is 11.8 Å². The molecule has 8 nitrogen and oxygen atoms in total. The molecule has 1 aliphatic heterocycles. The van der Waals surface area contributed by atoms with Crippen LogP contribution in [0.25, 0.3) is 0 Å². The Morgan fingerprint density at radius 1 is 1.05 bits per heavy atom. The predicted molar refractivity (Wildman–Crippen MR) is 144 cm³/mol. The largest absolute Gasteiger partial charge is 0.497 e. The molecule has 0 spiro atoms. The average molecular weight is 501 g/mol. The van der Waals surface area contributed by atoms with Crippen LogP contribution in [-0.2, 0) is 4.79 Å². The van der Waals surface area contributed by atoms with E-state index in [9.17, 15) is 14.4 Å². The summed E-state index contributed by atoms with van der Waals surface area (Å²) < 4.78 is 5.32. The van der Waals surface area contributed by atoms with Crippen molar-refractivity contribution < 1.29 is 19.1 Å². The van der Waals surface area contributed by atoms with Crippen LogP contribution < -0.4 is 26.0 Å². The van der Waals surface area contributed by atoms with Crippen LogP contribution >= 0.6 is 0 Å².